The predicted molar refractivity (Wildman–Crippen MR) is 114 cm³/mol. The first-order chi connectivity index (χ1) is 14.1. The number of hydrogen-bond donors (Lipinski definition) is 0. The number of carbonyl (C=O) groups excluding carboxylic acids is 2. The molecule has 2 heterocycles. The van der Waals surface area contributed by atoms with Crippen molar-refractivity contribution in [2.75, 3.05) is 49.6 Å². The first-order valence-electron chi connectivity index (χ1n) is 9.79. The number of ether oxygens (including phenoxy) is 1. The molecule has 2 saturated heterocycles. The van der Waals surface area contributed by atoms with E-state index < -0.39 is 0 Å². The average Bonchev–Trinajstić information content (AvgIpc) is 3.15. The predicted octanol–water partition coefficient (Wildman–Crippen LogP) is 3.05. The monoisotopic (exact) mass is 413 g/mol. The van der Waals surface area contributed by atoms with E-state index in [9.17, 15) is 9.59 Å². The van der Waals surface area contributed by atoms with Crippen LogP contribution in [0, 0.1) is 5.92 Å². The number of hydrogen-bond acceptors (Lipinski definition) is 4. The fourth-order valence-electron chi connectivity index (χ4n) is 4.06. The second-order valence-corrected chi connectivity index (χ2v) is 7.81. The lowest BCUT2D eigenvalue weighted by Gasteiger charge is -2.37. The summed E-state index contributed by atoms with van der Waals surface area (Å²) in [5.41, 5.74) is 1.80. The SMILES string of the molecule is COc1ccc(Cl)cc1N1CC(C(=O)N2CCN(c3ccccc3)CC2)CC1=O. The van der Waals surface area contributed by atoms with Crippen LogP contribution in [0.1, 0.15) is 6.42 Å². The fraction of sp³-hybridized carbons (Fsp3) is 0.364. The van der Waals surface area contributed by atoms with Crippen LogP contribution in [0.5, 0.6) is 5.75 Å². The zero-order valence-corrected chi connectivity index (χ0v) is 17.1. The van der Waals surface area contributed by atoms with E-state index in [2.05, 4.69) is 17.0 Å². The van der Waals surface area contributed by atoms with Crippen molar-refractivity contribution in [1.82, 2.24) is 4.90 Å². The molecule has 2 aromatic carbocycles. The average molecular weight is 414 g/mol. The van der Waals surface area contributed by atoms with E-state index in [0.717, 1.165) is 13.1 Å². The number of anilines is 2. The summed E-state index contributed by atoms with van der Waals surface area (Å²) in [5, 5.41) is 0.528. The molecular formula is C22H24ClN3O3. The van der Waals surface area contributed by atoms with E-state index in [1.165, 1.54) is 5.69 Å². The molecule has 0 aromatic heterocycles. The fourth-order valence-corrected chi connectivity index (χ4v) is 4.23. The molecule has 0 saturated carbocycles. The number of nitrogens with zero attached hydrogens (tertiary/aromatic N) is 3. The van der Waals surface area contributed by atoms with Crippen LogP contribution in [0.15, 0.2) is 48.5 Å². The Hall–Kier alpha value is -2.73. The highest BCUT2D eigenvalue weighted by Gasteiger charge is 2.38. The van der Waals surface area contributed by atoms with Crippen molar-refractivity contribution in [3.63, 3.8) is 0 Å². The van der Waals surface area contributed by atoms with Gasteiger partial charge < -0.3 is 19.4 Å². The van der Waals surface area contributed by atoms with Crippen LogP contribution in [-0.2, 0) is 9.59 Å². The van der Waals surface area contributed by atoms with Crippen LogP contribution in [0.2, 0.25) is 5.02 Å². The van der Waals surface area contributed by atoms with E-state index in [1.807, 2.05) is 23.1 Å². The zero-order chi connectivity index (χ0) is 20.4. The Morgan fingerprint density at radius 3 is 2.48 bits per heavy atom. The molecule has 0 N–H and O–H groups in total. The third-order valence-corrected chi connectivity index (χ3v) is 5.85. The number of amides is 2. The summed E-state index contributed by atoms with van der Waals surface area (Å²) in [5.74, 6) is 0.211. The van der Waals surface area contributed by atoms with E-state index in [1.54, 1.807) is 30.2 Å². The van der Waals surface area contributed by atoms with Crippen LogP contribution < -0.4 is 14.5 Å². The number of rotatable bonds is 4. The van der Waals surface area contributed by atoms with Gasteiger partial charge in [0.05, 0.1) is 18.7 Å². The Kier molecular flexibility index (Phi) is 5.62. The van der Waals surface area contributed by atoms with E-state index in [0.29, 0.717) is 36.1 Å². The molecule has 2 aliphatic heterocycles. The number of carbonyl (C=O) groups is 2. The highest BCUT2D eigenvalue weighted by atomic mass is 35.5. The van der Waals surface area contributed by atoms with Crippen LogP contribution >= 0.6 is 11.6 Å². The van der Waals surface area contributed by atoms with Gasteiger partial charge in [-0.15, -0.1) is 0 Å². The van der Waals surface area contributed by atoms with Gasteiger partial charge in [0, 0.05) is 49.9 Å². The lowest BCUT2D eigenvalue weighted by molar-refractivity contribution is -0.136. The Balaban J connectivity index is 1.41. The summed E-state index contributed by atoms with van der Waals surface area (Å²) in [4.78, 5) is 31.5. The van der Waals surface area contributed by atoms with Crippen molar-refractivity contribution in [2.24, 2.45) is 5.92 Å². The molecule has 0 spiro atoms. The van der Waals surface area contributed by atoms with Crippen molar-refractivity contribution in [2.45, 2.75) is 6.42 Å². The molecule has 4 rings (SSSR count). The largest absolute Gasteiger partial charge is 0.495 e. The van der Waals surface area contributed by atoms with Crippen LogP contribution in [0.4, 0.5) is 11.4 Å². The number of benzene rings is 2. The van der Waals surface area contributed by atoms with E-state index >= 15 is 0 Å². The molecular weight excluding hydrogens is 390 g/mol. The van der Waals surface area contributed by atoms with Gasteiger partial charge in [0.2, 0.25) is 11.8 Å². The van der Waals surface area contributed by atoms with Gasteiger partial charge in [-0.05, 0) is 30.3 Å². The molecule has 29 heavy (non-hydrogen) atoms. The quantitative estimate of drug-likeness (QED) is 0.773. The van der Waals surface area contributed by atoms with Crippen LogP contribution in [-0.4, -0.2) is 56.5 Å². The van der Waals surface area contributed by atoms with Crippen molar-refractivity contribution < 1.29 is 14.3 Å². The van der Waals surface area contributed by atoms with Crippen LogP contribution in [0.25, 0.3) is 0 Å². The number of piperazine rings is 1. The zero-order valence-electron chi connectivity index (χ0n) is 16.4. The van der Waals surface area contributed by atoms with Gasteiger partial charge in [-0.3, -0.25) is 9.59 Å². The summed E-state index contributed by atoms with van der Waals surface area (Å²) in [6.45, 7) is 3.27. The highest BCUT2D eigenvalue weighted by Crippen LogP contribution is 2.35. The molecule has 1 unspecified atom stereocenters. The van der Waals surface area contributed by atoms with E-state index in [4.69, 9.17) is 16.3 Å². The molecule has 152 valence electrons. The van der Waals surface area contributed by atoms with Gasteiger partial charge in [-0.25, -0.2) is 0 Å². The standard InChI is InChI=1S/C22H24ClN3O3/c1-29-20-8-7-17(23)14-19(20)26-15-16(13-21(26)27)22(28)25-11-9-24(10-12-25)18-5-3-2-4-6-18/h2-8,14,16H,9-13,15H2,1H3. The molecule has 0 radical (unpaired) electrons. The van der Waals surface area contributed by atoms with Crippen molar-refractivity contribution >= 4 is 34.8 Å². The van der Waals surface area contributed by atoms with Crippen LogP contribution in [0.3, 0.4) is 0 Å². The maximum Gasteiger partial charge on any atom is 0.228 e. The van der Waals surface area contributed by atoms with Gasteiger partial charge in [0.15, 0.2) is 0 Å². The molecule has 2 amide bonds. The second-order valence-electron chi connectivity index (χ2n) is 7.37. The van der Waals surface area contributed by atoms with Gasteiger partial charge in [-0.2, -0.15) is 0 Å². The number of halogens is 1. The van der Waals surface area contributed by atoms with Crippen molar-refractivity contribution in [3.8, 4) is 5.75 Å². The topological polar surface area (TPSA) is 53.1 Å². The smallest absolute Gasteiger partial charge is 0.228 e. The lowest BCUT2D eigenvalue weighted by Crippen LogP contribution is -2.50. The third-order valence-electron chi connectivity index (χ3n) is 5.62. The molecule has 2 fully saturated rings. The van der Waals surface area contributed by atoms with Gasteiger partial charge in [0.1, 0.15) is 5.75 Å². The maximum absolute atomic E-state index is 13.1. The minimum Gasteiger partial charge on any atom is -0.495 e. The second kappa shape index (κ2) is 8.33. The summed E-state index contributed by atoms with van der Waals surface area (Å²) < 4.78 is 5.37. The Morgan fingerprint density at radius 2 is 1.79 bits per heavy atom. The summed E-state index contributed by atoms with van der Waals surface area (Å²) in [6, 6.07) is 15.4. The van der Waals surface area contributed by atoms with Crippen molar-refractivity contribution in [1.29, 1.82) is 0 Å². The summed E-state index contributed by atoms with van der Waals surface area (Å²) in [6.07, 6.45) is 0.216. The van der Waals surface area contributed by atoms with Gasteiger partial charge >= 0.3 is 0 Å². The van der Waals surface area contributed by atoms with Crippen molar-refractivity contribution in [3.05, 3.63) is 53.6 Å². The normalized spacial score (nSPS) is 19.6. The minimum atomic E-state index is -0.338. The minimum absolute atomic E-state index is 0.0505. The summed E-state index contributed by atoms with van der Waals surface area (Å²) >= 11 is 6.11. The maximum atomic E-state index is 13.1. The molecule has 7 heteroatoms. The number of methoxy groups -OCH3 is 1. The van der Waals surface area contributed by atoms with Gasteiger partial charge in [-0.1, -0.05) is 29.8 Å². The molecule has 0 aliphatic carbocycles. The van der Waals surface area contributed by atoms with Gasteiger partial charge in [0.25, 0.3) is 0 Å². The first kappa shape index (κ1) is 19.6. The Labute approximate surface area is 175 Å². The number of para-hydroxylation sites is 1. The molecule has 0 bridgehead atoms. The molecule has 2 aromatic rings. The third kappa shape index (κ3) is 4.03. The Bertz CT molecular complexity index is 897. The molecule has 6 nitrogen and oxygen atoms in total. The molecule has 1 atom stereocenters. The lowest BCUT2D eigenvalue weighted by atomic mass is 10.1. The van der Waals surface area contributed by atoms with E-state index in [-0.39, 0.29) is 24.2 Å². The highest BCUT2D eigenvalue weighted by molar-refractivity contribution is 6.31. The summed E-state index contributed by atoms with van der Waals surface area (Å²) in [7, 11) is 1.56. The Morgan fingerprint density at radius 1 is 1.07 bits per heavy atom. The molecule has 2 aliphatic rings. The first-order valence-corrected chi connectivity index (χ1v) is 10.2.